The number of ether oxygens (including phenoxy) is 2. The van der Waals surface area contributed by atoms with Crippen LogP contribution in [0.4, 0.5) is 0 Å². The number of phosphoric acid groups is 1. The van der Waals surface area contributed by atoms with E-state index in [9.17, 15) is 44.6 Å². The monoisotopic (exact) mass is 865 g/mol. The van der Waals surface area contributed by atoms with Gasteiger partial charge in [-0.1, -0.05) is 174 Å². The first-order valence-corrected chi connectivity index (χ1v) is 25.0. The van der Waals surface area contributed by atoms with Gasteiger partial charge in [-0.2, -0.15) is 0 Å². The summed E-state index contributed by atoms with van der Waals surface area (Å²) >= 11 is 0. The number of phosphoric ester groups is 1. The lowest BCUT2D eigenvalue weighted by Crippen LogP contribution is -2.64. The van der Waals surface area contributed by atoms with Crippen molar-refractivity contribution in [2.75, 3.05) is 13.2 Å². The number of rotatable bonds is 39. The lowest BCUT2D eigenvalue weighted by atomic mass is 9.85. The maximum atomic E-state index is 12.8. The summed E-state index contributed by atoms with van der Waals surface area (Å²) in [4.78, 5) is 35.6. The van der Waals surface area contributed by atoms with Crippen molar-refractivity contribution in [3.8, 4) is 0 Å². The Balaban J connectivity index is 2.41. The molecule has 0 heterocycles. The Kier molecular flexibility index (Phi) is 34.0. The van der Waals surface area contributed by atoms with Crippen LogP contribution in [-0.4, -0.2) is 98.3 Å². The molecule has 0 saturated heterocycles. The maximum absolute atomic E-state index is 12.8. The van der Waals surface area contributed by atoms with Crippen LogP contribution in [0.1, 0.15) is 206 Å². The molecular formula is C45H85O13P. The summed E-state index contributed by atoms with van der Waals surface area (Å²) in [5.74, 6) is -1.10. The van der Waals surface area contributed by atoms with Crippen molar-refractivity contribution in [3.63, 3.8) is 0 Å². The second-order valence-corrected chi connectivity index (χ2v) is 18.0. The lowest BCUT2D eigenvalue weighted by molar-refractivity contribution is -0.220. The molecule has 0 aromatic heterocycles. The summed E-state index contributed by atoms with van der Waals surface area (Å²) in [6.07, 6.45) is 24.2. The Bertz CT molecular complexity index is 1090. The Morgan fingerprint density at radius 1 is 0.508 bits per heavy atom. The van der Waals surface area contributed by atoms with E-state index in [0.717, 1.165) is 57.8 Å². The number of unbranched alkanes of at least 4 members (excludes halogenated alkanes) is 25. The molecule has 0 aliphatic heterocycles. The standard InChI is InChI=1S/C45H85O13P/c1-3-5-7-9-11-13-15-16-17-18-19-20-21-22-24-26-28-30-32-34-39(47)57-37(35-55-38(46)33-31-29-27-25-23-14-12-10-8-6-4-2)36-56-59(53,54)58-45-43(51)41(49)40(48)42(50)44(45)52/h10,12,37,40-45,48-52H,3-9,11,13-36H2,1-2H3,(H,53,54)/b12-10+/t37-,40?,41+,42?,43?,44?,45?/m1/s1. The third-order valence-corrected chi connectivity index (χ3v) is 12.1. The molecule has 13 nitrogen and oxygen atoms in total. The van der Waals surface area contributed by atoms with Crippen molar-refractivity contribution in [2.45, 2.75) is 249 Å². The minimum atomic E-state index is -5.11. The van der Waals surface area contributed by atoms with Crippen LogP contribution in [0.5, 0.6) is 0 Å². The number of aliphatic hydroxyl groups excluding tert-OH is 5. The van der Waals surface area contributed by atoms with Crippen LogP contribution in [0.25, 0.3) is 0 Å². The SMILES string of the molecule is CCCC/C=C/CCCCCCCC(=O)OC[C@H](COP(=O)(O)OC1C(O)C(O)C(O)[C@H](O)C1O)OC(=O)CCCCCCCCCCCCCCCCCCCCC. The zero-order valence-electron chi connectivity index (χ0n) is 36.8. The van der Waals surface area contributed by atoms with E-state index in [0.29, 0.717) is 12.8 Å². The number of aliphatic hydroxyl groups is 5. The van der Waals surface area contributed by atoms with Gasteiger partial charge in [0.2, 0.25) is 0 Å². The van der Waals surface area contributed by atoms with Crippen LogP contribution >= 0.6 is 7.82 Å². The fourth-order valence-corrected chi connectivity index (χ4v) is 8.24. The molecule has 1 fully saturated rings. The van der Waals surface area contributed by atoms with Gasteiger partial charge in [0, 0.05) is 12.8 Å². The Labute approximate surface area is 356 Å². The van der Waals surface area contributed by atoms with E-state index in [1.165, 1.54) is 109 Å². The van der Waals surface area contributed by atoms with Crippen LogP contribution in [-0.2, 0) is 32.7 Å². The van der Waals surface area contributed by atoms with Crippen molar-refractivity contribution in [3.05, 3.63) is 12.2 Å². The lowest BCUT2D eigenvalue weighted by Gasteiger charge is -2.41. The fourth-order valence-electron chi connectivity index (χ4n) is 7.27. The average Bonchev–Trinajstić information content (AvgIpc) is 3.21. The summed E-state index contributed by atoms with van der Waals surface area (Å²) in [6, 6.07) is 0. The van der Waals surface area contributed by atoms with Gasteiger partial charge in [0.25, 0.3) is 0 Å². The molecule has 6 unspecified atom stereocenters. The first-order valence-electron chi connectivity index (χ1n) is 23.5. The quantitative estimate of drug-likeness (QED) is 0.0148. The van der Waals surface area contributed by atoms with Gasteiger partial charge < -0.3 is 39.9 Å². The molecule has 0 aromatic carbocycles. The zero-order chi connectivity index (χ0) is 43.6. The van der Waals surface area contributed by atoms with Crippen molar-refractivity contribution < 1.29 is 63.1 Å². The van der Waals surface area contributed by atoms with E-state index in [1.807, 2.05) is 0 Å². The molecule has 1 saturated carbocycles. The van der Waals surface area contributed by atoms with E-state index >= 15 is 0 Å². The molecule has 14 heteroatoms. The number of esters is 2. The number of allylic oxidation sites excluding steroid dienone is 2. The van der Waals surface area contributed by atoms with E-state index in [2.05, 4.69) is 26.0 Å². The number of hydrogen-bond donors (Lipinski definition) is 6. The van der Waals surface area contributed by atoms with Gasteiger partial charge in [-0.05, 0) is 32.1 Å². The molecular weight excluding hydrogens is 779 g/mol. The van der Waals surface area contributed by atoms with Crippen molar-refractivity contribution in [1.29, 1.82) is 0 Å². The second kappa shape index (κ2) is 36.1. The summed E-state index contributed by atoms with van der Waals surface area (Å²) in [5.41, 5.74) is 0. The summed E-state index contributed by atoms with van der Waals surface area (Å²) in [5, 5.41) is 50.1. The van der Waals surface area contributed by atoms with Crippen LogP contribution in [0.15, 0.2) is 12.2 Å². The first kappa shape index (κ1) is 55.6. The van der Waals surface area contributed by atoms with E-state index in [1.54, 1.807) is 0 Å². The molecule has 1 aliphatic rings. The molecule has 348 valence electrons. The van der Waals surface area contributed by atoms with E-state index in [4.69, 9.17) is 18.5 Å². The number of carbonyl (C=O) groups is 2. The largest absolute Gasteiger partial charge is 0.472 e. The molecule has 1 rings (SSSR count). The fraction of sp³-hybridized carbons (Fsp3) is 0.911. The van der Waals surface area contributed by atoms with Crippen LogP contribution in [0, 0.1) is 0 Å². The summed E-state index contributed by atoms with van der Waals surface area (Å²) < 4.78 is 33.5. The molecule has 0 aromatic rings. The summed E-state index contributed by atoms with van der Waals surface area (Å²) in [6.45, 7) is 3.27. The Hall–Kier alpha value is -1.41. The molecule has 59 heavy (non-hydrogen) atoms. The third-order valence-electron chi connectivity index (χ3n) is 11.1. The predicted octanol–water partition coefficient (Wildman–Crippen LogP) is 9.06. The van der Waals surface area contributed by atoms with Crippen LogP contribution in [0.2, 0.25) is 0 Å². The topological polar surface area (TPSA) is 210 Å². The van der Waals surface area contributed by atoms with Gasteiger partial charge in [0.05, 0.1) is 6.61 Å². The van der Waals surface area contributed by atoms with Crippen molar-refractivity contribution in [1.82, 2.24) is 0 Å². The zero-order valence-corrected chi connectivity index (χ0v) is 37.7. The maximum Gasteiger partial charge on any atom is 0.472 e. The first-order chi connectivity index (χ1) is 28.4. The molecule has 0 bridgehead atoms. The minimum absolute atomic E-state index is 0.101. The van der Waals surface area contributed by atoms with Crippen molar-refractivity contribution >= 4 is 19.8 Å². The highest BCUT2D eigenvalue weighted by Gasteiger charge is 2.51. The van der Waals surface area contributed by atoms with Gasteiger partial charge in [-0.15, -0.1) is 0 Å². The van der Waals surface area contributed by atoms with E-state index < -0.39 is 75.7 Å². The molecule has 8 atom stereocenters. The van der Waals surface area contributed by atoms with Crippen LogP contribution in [0.3, 0.4) is 0 Å². The highest BCUT2D eigenvalue weighted by atomic mass is 31.2. The molecule has 0 spiro atoms. The van der Waals surface area contributed by atoms with Gasteiger partial charge in [0.1, 0.15) is 43.2 Å². The molecule has 6 N–H and O–H groups in total. The minimum Gasteiger partial charge on any atom is -0.462 e. The highest BCUT2D eigenvalue weighted by Crippen LogP contribution is 2.47. The van der Waals surface area contributed by atoms with Crippen LogP contribution < -0.4 is 0 Å². The van der Waals surface area contributed by atoms with Crippen molar-refractivity contribution in [2.24, 2.45) is 0 Å². The average molecular weight is 865 g/mol. The number of carbonyl (C=O) groups excluding carboxylic acids is 2. The second-order valence-electron chi connectivity index (χ2n) is 16.6. The molecule has 0 radical (unpaired) electrons. The number of hydrogen-bond acceptors (Lipinski definition) is 12. The van der Waals surface area contributed by atoms with E-state index in [-0.39, 0.29) is 12.8 Å². The van der Waals surface area contributed by atoms with Gasteiger partial charge in [-0.3, -0.25) is 18.6 Å². The van der Waals surface area contributed by atoms with Gasteiger partial charge in [0.15, 0.2) is 6.10 Å². The van der Waals surface area contributed by atoms with Gasteiger partial charge in [-0.25, -0.2) is 4.57 Å². The third kappa shape index (κ3) is 28.7. The summed E-state index contributed by atoms with van der Waals surface area (Å²) in [7, 11) is -5.11. The highest BCUT2D eigenvalue weighted by molar-refractivity contribution is 7.47. The Morgan fingerprint density at radius 2 is 0.881 bits per heavy atom. The Morgan fingerprint density at radius 3 is 1.34 bits per heavy atom. The predicted molar refractivity (Wildman–Crippen MR) is 231 cm³/mol. The molecule has 1 aliphatic carbocycles. The smallest absolute Gasteiger partial charge is 0.462 e. The van der Waals surface area contributed by atoms with Gasteiger partial charge >= 0.3 is 19.8 Å². The normalized spacial score (nSPS) is 22.4. The molecule has 0 amide bonds.